The first-order chi connectivity index (χ1) is 33.4. The largest absolute Gasteiger partial charge is 0.480 e. The van der Waals surface area contributed by atoms with Gasteiger partial charge in [-0.3, -0.25) is 28.8 Å². The maximum Gasteiger partial charge on any atom is 0.326 e. The Hall–Kier alpha value is -7.91. The summed E-state index contributed by atoms with van der Waals surface area (Å²) < 4.78 is 0. The maximum atomic E-state index is 14.8. The van der Waals surface area contributed by atoms with Crippen LogP contribution in [0.3, 0.4) is 0 Å². The molecule has 0 saturated heterocycles. The molecule has 2 bridgehead atoms. The molecule has 0 radical (unpaired) electrons. The van der Waals surface area contributed by atoms with E-state index in [0.29, 0.717) is 28.8 Å². The number of carboxylic acid groups (broad SMARTS) is 1. The van der Waals surface area contributed by atoms with Gasteiger partial charge in [0.15, 0.2) is 0 Å². The summed E-state index contributed by atoms with van der Waals surface area (Å²) in [4.78, 5) is 97.9. The van der Waals surface area contributed by atoms with Crippen molar-refractivity contribution < 1.29 is 38.7 Å². The van der Waals surface area contributed by atoms with Crippen LogP contribution in [0.2, 0.25) is 0 Å². The van der Waals surface area contributed by atoms with Crippen molar-refractivity contribution in [3.8, 4) is 11.1 Å². The van der Waals surface area contributed by atoms with Crippen LogP contribution in [0.15, 0.2) is 157 Å². The first kappa shape index (κ1) is 49.0. The van der Waals surface area contributed by atoms with E-state index in [0.717, 1.165) is 21.6 Å². The minimum Gasteiger partial charge on any atom is -0.480 e. The number of nitrogens with one attached hydrogen (secondary N) is 6. The Balaban J connectivity index is 1.23. The van der Waals surface area contributed by atoms with Crippen LogP contribution in [0.4, 0.5) is 5.69 Å². The highest BCUT2D eigenvalue weighted by molar-refractivity contribution is 7.09. The number of carbonyl (C=O) groups is 7. The van der Waals surface area contributed by atoms with Crippen molar-refractivity contribution >= 4 is 58.4 Å². The van der Waals surface area contributed by atoms with E-state index in [4.69, 9.17) is 0 Å². The van der Waals surface area contributed by atoms with E-state index >= 15 is 0 Å². The van der Waals surface area contributed by atoms with E-state index in [9.17, 15) is 38.7 Å². The molecule has 5 aromatic carbocycles. The van der Waals surface area contributed by atoms with Crippen LogP contribution in [-0.2, 0) is 65.7 Å². The normalized spacial score (nSPS) is 18.8. The fourth-order valence-corrected chi connectivity index (χ4v) is 8.75. The summed E-state index contributed by atoms with van der Waals surface area (Å²) in [6, 6.07) is 39.4. The van der Waals surface area contributed by atoms with Crippen LogP contribution in [-0.4, -0.2) is 76.7 Å². The lowest BCUT2D eigenvalue weighted by Gasteiger charge is -2.27. The number of amides is 6. The molecule has 6 aromatic rings. The summed E-state index contributed by atoms with van der Waals surface area (Å²) in [5.74, 6) is -5.11. The maximum absolute atomic E-state index is 14.8. The van der Waals surface area contributed by atoms with Crippen LogP contribution >= 0.6 is 11.3 Å². The van der Waals surface area contributed by atoms with E-state index in [-0.39, 0.29) is 44.9 Å². The molecule has 5 atom stereocenters. The molecule has 0 fully saturated rings. The standard InChI is InChI=1S/C54H54N6O8S/c61-48-28-29-49(62)56-46(34-42-17-10-30-69-42)53(66)59-44(31-37-18-23-40(24-19-37)39-15-8-3-9-16-39)51(64)57-43(27-22-35-11-4-1-5-12-35)50(63)58-45(32-38-20-25-41(55-48)26-21-38)52(65)60-47(54(67)68)33-36-13-6-2-7-14-36/h1-21,23-26,30,43-47H,22,27-29,31-34H2,(H,55,61)(H,56,62)(H,57,64)(H,58,63)(H,59,66)(H,60,65)(H,67,68)/t43-,44+,45+,46-,47-/m1/s1. The van der Waals surface area contributed by atoms with Gasteiger partial charge in [-0.15, -0.1) is 11.3 Å². The lowest BCUT2D eigenvalue weighted by molar-refractivity contribution is -0.142. The van der Waals surface area contributed by atoms with Crippen LogP contribution < -0.4 is 31.9 Å². The number of aliphatic carboxylic acids is 1. The first-order valence-electron chi connectivity index (χ1n) is 22.8. The zero-order valence-corrected chi connectivity index (χ0v) is 38.6. The van der Waals surface area contributed by atoms with Crippen molar-refractivity contribution in [1.29, 1.82) is 0 Å². The molecule has 2 aliphatic rings. The van der Waals surface area contributed by atoms with Gasteiger partial charge in [-0.1, -0.05) is 133 Å². The Labute approximate surface area is 404 Å². The van der Waals surface area contributed by atoms with Gasteiger partial charge in [-0.2, -0.15) is 0 Å². The van der Waals surface area contributed by atoms with E-state index in [1.54, 1.807) is 54.6 Å². The second-order valence-corrected chi connectivity index (χ2v) is 17.9. The number of hydrogen-bond acceptors (Lipinski definition) is 8. The second-order valence-electron chi connectivity index (χ2n) is 16.9. The van der Waals surface area contributed by atoms with Gasteiger partial charge >= 0.3 is 5.97 Å². The molecule has 3 heterocycles. The zero-order valence-electron chi connectivity index (χ0n) is 37.8. The number of carboxylic acids is 1. The number of rotatable bonds is 13. The molecule has 0 saturated carbocycles. The highest BCUT2D eigenvalue weighted by Crippen LogP contribution is 2.21. The molecule has 0 unspecified atom stereocenters. The molecule has 0 aliphatic carbocycles. The number of thiophene rings is 1. The molecule has 354 valence electrons. The second kappa shape index (κ2) is 24.2. The lowest BCUT2D eigenvalue weighted by Crippen LogP contribution is -2.59. The summed E-state index contributed by atoms with van der Waals surface area (Å²) in [6.07, 6.45) is -0.0153. The van der Waals surface area contributed by atoms with Crippen LogP contribution in [0.1, 0.15) is 46.4 Å². The Bertz CT molecular complexity index is 2690. The van der Waals surface area contributed by atoms with Crippen molar-refractivity contribution in [1.82, 2.24) is 26.6 Å². The monoisotopic (exact) mass is 946 g/mol. The number of anilines is 1. The van der Waals surface area contributed by atoms with Crippen molar-refractivity contribution in [2.24, 2.45) is 0 Å². The third kappa shape index (κ3) is 14.8. The van der Waals surface area contributed by atoms with Gasteiger partial charge < -0.3 is 37.0 Å². The topological polar surface area (TPSA) is 212 Å². The predicted molar refractivity (Wildman–Crippen MR) is 264 cm³/mol. The Morgan fingerprint density at radius 2 is 1.16 bits per heavy atom. The predicted octanol–water partition coefficient (Wildman–Crippen LogP) is 5.56. The van der Waals surface area contributed by atoms with Crippen molar-refractivity contribution in [3.05, 3.63) is 184 Å². The fraction of sp³-hybridized carbons (Fsp3) is 0.241. The van der Waals surface area contributed by atoms with Crippen LogP contribution in [0.25, 0.3) is 11.1 Å². The number of aryl methyl sites for hydroxylation is 1. The Morgan fingerprint density at radius 3 is 1.80 bits per heavy atom. The summed E-state index contributed by atoms with van der Waals surface area (Å²) in [6.45, 7) is 0. The average Bonchev–Trinajstić information content (AvgIpc) is 3.88. The minimum absolute atomic E-state index is 0.00164. The van der Waals surface area contributed by atoms with E-state index in [2.05, 4.69) is 31.9 Å². The minimum atomic E-state index is -1.34. The molecule has 6 amide bonds. The van der Waals surface area contributed by atoms with Crippen LogP contribution in [0, 0.1) is 0 Å². The molecular weight excluding hydrogens is 893 g/mol. The highest BCUT2D eigenvalue weighted by atomic mass is 32.1. The van der Waals surface area contributed by atoms with Crippen molar-refractivity contribution in [3.63, 3.8) is 0 Å². The summed E-state index contributed by atoms with van der Waals surface area (Å²) >= 11 is 1.40. The number of benzene rings is 5. The van der Waals surface area contributed by atoms with Gasteiger partial charge in [0, 0.05) is 49.1 Å². The van der Waals surface area contributed by atoms with E-state index < -0.39 is 71.6 Å². The number of fused-ring (bicyclic) bond motifs is 18. The summed E-state index contributed by atoms with van der Waals surface area (Å²) in [5.41, 5.74) is 5.16. The van der Waals surface area contributed by atoms with Gasteiger partial charge in [0.05, 0.1) is 0 Å². The molecule has 7 N–H and O–H groups in total. The van der Waals surface area contributed by atoms with E-state index in [1.165, 1.54) is 11.3 Å². The molecular formula is C54H54N6O8S. The smallest absolute Gasteiger partial charge is 0.326 e. The molecule has 69 heavy (non-hydrogen) atoms. The first-order valence-corrected chi connectivity index (χ1v) is 23.7. The Morgan fingerprint density at radius 1 is 0.580 bits per heavy atom. The number of carbonyl (C=O) groups excluding carboxylic acids is 6. The van der Waals surface area contributed by atoms with Crippen LogP contribution in [0.5, 0.6) is 0 Å². The molecule has 15 heteroatoms. The third-order valence-electron chi connectivity index (χ3n) is 11.8. The average molecular weight is 947 g/mol. The molecule has 0 spiro atoms. The van der Waals surface area contributed by atoms with Gasteiger partial charge in [-0.05, 0) is 69.8 Å². The fourth-order valence-electron chi connectivity index (χ4n) is 8.00. The van der Waals surface area contributed by atoms with Gasteiger partial charge in [0.2, 0.25) is 35.4 Å². The van der Waals surface area contributed by atoms with Crippen molar-refractivity contribution in [2.45, 2.75) is 81.6 Å². The van der Waals surface area contributed by atoms with Gasteiger partial charge in [-0.25, -0.2) is 4.79 Å². The zero-order chi connectivity index (χ0) is 48.5. The SMILES string of the molecule is O=C1CCC(=O)N[C@H](Cc2cccs2)C(=O)N[C@@H](Cc2ccc(-c3ccccc3)cc2)C(=O)N[C@H](CCc2ccccc2)C(=O)N[C@H](C(=O)N[C@H](Cc2ccccc2)C(=O)O)Cc2ccc(cc2)N1. The summed E-state index contributed by atoms with van der Waals surface area (Å²) in [5, 5.41) is 28.8. The highest BCUT2D eigenvalue weighted by Gasteiger charge is 2.33. The van der Waals surface area contributed by atoms with E-state index in [1.807, 2.05) is 102 Å². The molecule has 1 aromatic heterocycles. The third-order valence-corrected chi connectivity index (χ3v) is 12.7. The Kier molecular flexibility index (Phi) is 17.2. The number of hydrogen-bond donors (Lipinski definition) is 7. The molecule has 2 aliphatic heterocycles. The summed E-state index contributed by atoms with van der Waals surface area (Å²) in [7, 11) is 0. The molecule has 14 nitrogen and oxygen atoms in total. The van der Waals surface area contributed by atoms with Crippen molar-refractivity contribution in [2.75, 3.05) is 5.32 Å². The quantitative estimate of drug-likeness (QED) is 0.0728. The lowest BCUT2D eigenvalue weighted by atomic mass is 9.98. The molecule has 8 rings (SSSR count). The van der Waals surface area contributed by atoms with Gasteiger partial charge in [0.1, 0.15) is 30.2 Å². The van der Waals surface area contributed by atoms with Gasteiger partial charge in [0.25, 0.3) is 0 Å².